The highest BCUT2D eigenvalue weighted by molar-refractivity contribution is 4.74. The number of hydrogen-bond donors (Lipinski definition) is 2. The normalized spacial score (nSPS) is 23.6. The second-order valence-corrected chi connectivity index (χ2v) is 4.05. The van der Waals surface area contributed by atoms with Crippen molar-refractivity contribution in [2.24, 2.45) is 11.8 Å². The molecule has 82 valence electrons. The van der Waals surface area contributed by atoms with Crippen molar-refractivity contribution in [3.8, 4) is 0 Å². The van der Waals surface area contributed by atoms with Crippen LogP contribution in [0.5, 0.6) is 0 Å². The third-order valence-corrected chi connectivity index (χ3v) is 2.84. The molecule has 1 fully saturated rings. The van der Waals surface area contributed by atoms with Crippen LogP contribution in [0.3, 0.4) is 0 Å². The van der Waals surface area contributed by atoms with Gasteiger partial charge in [0.15, 0.2) is 0 Å². The van der Waals surface area contributed by atoms with Crippen molar-refractivity contribution in [2.45, 2.75) is 38.1 Å². The first kappa shape index (κ1) is 11.7. The molecule has 0 aliphatic carbocycles. The zero-order chi connectivity index (χ0) is 10.2. The highest BCUT2D eigenvalue weighted by Gasteiger charge is 2.19. The van der Waals surface area contributed by atoms with E-state index in [-0.39, 0.29) is 0 Å². The summed E-state index contributed by atoms with van der Waals surface area (Å²) in [5.41, 5.74) is 2.90. The Bertz CT molecular complexity index is 155. The summed E-state index contributed by atoms with van der Waals surface area (Å²) in [5.74, 6) is 6.22. The van der Waals surface area contributed by atoms with Crippen LogP contribution in [0.15, 0.2) is 12.7 Å². The Kier molecular flexibility index (Phi) is 5.83. The summed E-state index contributed by atoms with van der Waals surface area (Å²) < 4.78 is 5.34. The lowest BCUT2D eigenvalue weighted by atomic mass is 9.96. The molecule has 3 heteroatoms. The molecular weight excluding hydrogens is 176 g/mol. The zero-order valence-electron chi connectivity index (χ0n) is 8.87. The Balaban J connectivity index is 2.13. The molecule has 0 aromatic rings. The molecule has 0 aromatic carbocycles. The van der Waals surface area contributed by atoms with Crippen LogP contribution in [0.1, 0.15) is 32.1 Å². The number of nitrogens with one attached hydrogen (secondary N) is 1. The minimum absolute atomic E-state index is 0.446. The van der Waals surface area contributed by atoms with Gasteiger partial charge in [-0.1, -0.05) is 6.08 Å². The molecule has 1 aliphatic heterocycles. The third kappa shape index (κ3) is 4.22. The lowest BCUT2D eigenvalue weighted by Gasteiger charge is -2.18. The lowest BCUT2D eigenvalue weighted by Crippen LogP contribution is -2.36. The van der Waals surface area contributed by atoms with Crippen molar-refractivity contribution < 1.29 is 4.74 Å². The first-order valence-electron chi connectivity index (χ1n) is 5.51. The molecule has 0 amide bonds. The fourth-order valence-corrected chi connectivity index (χ4v) is 1.95. The van der Waals surface area contributed by atoms with E-state index in [2.05, 4.69) is 12.0 Å². The minimum atomic E-state index is 0.446. The average Bonchev–Trinajstić information content (AvgIpc) is 2.69. The van der Waals surface area contributed by atoms with Gasteiger partial charge < -0.3 is 4.74 Å². The van der Waals surface area contributed by atoms with Crippen LogP contribution in [0, 0.1) is 5.92 Å². The number of unbranched alkanes of at least 4 members (excludes halogenated alkanes) is 1. The van der Waals surface area contributed by atoms with Crippen LogP contribution in [-0.4, -0.2) is 19.3 Å². The van der Waals surface area contributed by atoms with Crippen LogP contribution >= 0.6 is 0 Å². The number of rotatable bonds is 7. The number of nitrogens with two attached hydrogens (primary N) is 1. The second kappa shape index (κ2) is 6.98. The van der Waals surface area contributed by atoms with E-state index < -0.39 is 0 Å². The van der Waals surface area contributed by atoms with Gasteiger partial charge in [0.1, 0.15) is 0 Å². The summed E-state index contributed by atoms with van der Waals surface area (Å²) in [6.45, 7) is 5.56. The molecule has 1 aliphatic rings. The first-order valence-corrected chi connectivity index (χ1v) is 5.51. The molecule has 14 heavy (non-hydrogen) atoms. The van der Waals surface area contributed by atoms with Crippen molar-refractivity contribution in [2.75, 3.05) is 13.2 Å². The number of allylic oxidation sites excluding steroid dienone is 1. The molecule has 0 spiro atoms. The predicted molar refractivity (Wildman–Crippen MR) is 58.7 cm³/mol. The van der Waals surface area contributed by atoms with E-state index in [9.17, 15) is 0 Å². The molecule has 0 aromatic heterocycles. The topological polar surface area (TPSA) is 47.3 Å². The van der Waals surface area contributed by atoms with Gasteiger partial charge in [-0.25, -0.2) is 0 Å². The van der Waals surface area contributed by atoms with Gasteiger partial charge in [0, 0.05) is 19.3 Å². The summed E-state index contributed by atoms with van der Waals surface area (Å²) in [7, 11) is 0. The van der Waals surface area contributed by atoms with Gasteiger partial charge in [-0.3, -0.25) is 11.3 Å². The van der Waals surface area contributed by atoms with Gasteiger partial charge in [0.05, 0.1) is 0 Å². The van der Waals surface area contributed by atoms with E-state index in [1.165, 1.54) is 12.8 Å². The van der Waals surface area contributed by atoms with Gasteiger partial charge in [-0.05, 0) is 38.0 Å². The molecule has 1 saturated heterocycles. The van der Waals surface area contributed by atoms with Crippen molar-refractivity contribution in [3.05, 3.63) is 12.7 Å². The molecule has 3 nitrogen and oxygen atoms in total. The fraction of sp³-hybridized carbons (Fsp3) is 0.818. The average molecular weight is 198 g/mol. The van der Waals surface area contributed by atoms with Crippen LogP contribution in [-0.2, 0) is 4.74 Å². The first-order chi connectivity index (χ1) is 6.86. The SMILES string of the molecule is C=CCCCC(CC1CCOC1)NN. The number of ether oxygens (including phenoxy) is 1. The molecule has 0 saturated carbocycles. The van der Waals surface area contributed by atoms with Crippen LogP contribution in [0.4, 0.5) is 0 Å². The molecule has 3 N–H and O–H groups in total. The number of hydrogen-bond acceptors (Lipinski definition) is 3. The van der Waals surface area contributed by atoms with Crippen LogP contribution in [0.25, 0.3) is 0 Å². The van der Waals surface area contributed by atoms with Crippen molar-refractivity contribution in [3.63, 3.8) is 0 Å². The largest absolute Gasteiger partial charge is 0.381 e. The quantitative estimate of drug-likeness (QED) is 0.283. The van der Waals surface area contributed by atoms with E-state index >= 15 is 0 Å². The van der Waals surface area contributed by atoms with Crippen molar-refractivity contribution in [1.29, 1.82) is 0 Å². The minimum Gasteiger partial charge on any atom is -0.381 e. The maximum Gasteiger partial charge on any atom is 0.0495 e. The summed E-state index contributed by atoms with van der Waals surface area (Å²) in [5, 5.41) is 0. The second-order valence-electron chi connectivity index (χ2n) is 4.05. The van der Waals surface area contributed by atoms with Crippen molar-refractivity contribution in [1.82, 2.24) is 5.43 Å². The third-order valence-electron chi connectivity index (χ3n) is 2.84. The highest BCUT2D eigenvalue weighted by atomic mass is 16.5. The van der Waals surface area contributed by atoms with E-state index in [0.717, 1.165) is 32.5 Å². The maximum atomic E-state index is 5.52. The molecule has 1 rings (SSSR count). The van der Waals surface area contributed by atoms with Crippen molar-refractivity contribution >= 4 is 0 Å². The highest BCUT2D eigenvalue weighted by Crippen LogP contribution is 2.19. The van der Waals surface area contributed by atoms with Gasteiger partial charge >= 0.3 is 0 Å². The standard InChI is InChI=1S/C11H22N2O/c1-2-3-4-5-11(13-12)8-10-6-7-14-9-10/h2,10-11,13H,1,3-9,12H2. The Hall–Kier alpha value is -0.380. The Morgan fingerprint density at radius 2 is 2.50 bits per heavy atom. The fourth-order valence-electron chi connectivity index (χ4n) is 1.95. The number of hydrazine groups is 1. The summed E-state index contributed by atoms with van der Waals surface area (Å²) >= 11 is 0. The smallest absolute Gasteiger partial charge is 0.0495 e. The molecule has 2 atom stereocenters. The van der Waals surface area contributed by atoms with E-state index in [1.807, 2.05) is 6.08 Å². The van der Waals surface area contributed by atoms with E-state index in [4.69, 9.17) is 10.6 Å². The van der Waals surface area contributed by atoms with Crippen LogP contribution in [0.2, 0.25) is 0 Å². The van der Waals surface area contributed by atoms with E-state index in [1.54, 1.807) is 0 Å². The molecule has 0 bridgehead atoms. The molecule has 1 heterocycles. The maximum absolute atomic E-state index is 5.52. The van der Waals surface area contributed by atoms with E-state index in [0.29, 0.717) is 12.0 Å². The Morgan fingerprint density at radius 3 is 3.07 bits per heavy atom. The summed E-state index contributed by atoms with van der Waals surface area (Å²) in [6.07, 6.45) is 7.70. The summed E-state index contributed by atoms with van der Waals surface area (Å²) in [4.78, 5) is 0. The van der Waals surface area contributed by atoms with Gasteiger partial charge in [0.2, 0.25) is 0 Å². The predicted octanol–water partition coefficient (Wildman–Crippen LogP) is 1.60. The summed E-state index contributed by atoms with van der Waals surface area (Å²) in [6, 6.07) is 0.446. The van der Waals surface area contributed by atoms with Gasteiger partial charge in [-0.15, -0.1) is 6.58 Å². The van der Waals surface area contributed by atoms with Gasteiger partial charge in [-0.2, -0.15) is 0 Å². The van der Waals surface area contributed by atoms with Gasteiger partial charge in [0.25, 0.3) is 0 Å². The zero-order valence-corrected chi connectivity index (χ0v) is 8.87. The lowest BCUT2D eigenvalue weighted by molar-refractivity contribution is 0.181. The molecule has 0 radical (unpaired) electrons. The molecule has 2 unspecified atom stereocenters. The monoisotopic (exact) mass is 198 g/mol. The Morgan fingerprint density at radius 1 is 1.64 bits per heavy atom. The Labute approximate surface area is 86.7 Å². The van der Waals surface area contributed by atoms with Crippen LogP contribution < -0.4 is 11.3 Å². The molecular formula is C11H22N2O.